The van der Waals surface area contributed by atoms with Gasteiger partial charge in [0.2, 0.25) is 0 Å². The van der Waals surface area contributed by atoms with E-state index in [4.69, 9.17) is 14.8 Å². The van der Waals surface area contributed by atoms with Crippen molar-refractivity contribution in [3.05, 3.63) is 132 Å². The molecule has 262 valence electrons. The summed E-state index contributed by atoms with van der Waals surface area (Å²) in [4.78, 5) is 4.87. The molecular formula is C45H46N4OPt. The maximum absolute atomic E-state index is 6.50. The number of hydrogen-bond acceptors (Lipinski definition) is 3. The van der Waals surface area contributed by atoms with Crippen LogP contribution in [0.25, 0.3) is 44.4 Å². The van der Waals surface area contributed by atoms with E-state index in [1.54, 1.807) is 0 Å². The van der Waals surface area contributed by atoms with Gasteiger partial charge >= 0.3 is 21.1 Å². The zero-order valence-corrected chi connectivity index (χ0v) is 33.1. The summed E-state index contributed by atoms with van der Waals surface area (Å²) in [7, 11) is 0. The van der Waals surface area contributed by atoms with Gasteiger partial charge < -0.3 is 9.30 Å². The second kappa shape index (κ2) is 14.6. The fourth-order valence-corrected chi connectivity index (χ4v) is 7.23. The number of ether oxygens (including phenoxy) is 1. The molecule has 7 rings (SSSR count). The van der Waals surface area contributed by atoms with E-state index in [9.17, 15) is 0 Å². The smallest absolute Gasteiger partial charge is 0.509 e. The van der Waals surface area contributed by atoms with Crippen molar-refractivity contribution in [2.45, 2.75) is 74.1 Å². The molecule has 0 spiro atoms. The molecule has 3 heterocycles. The first-order valence-corrected chi connectivity index (χ1v) is 17.8. The molecule has 2 atom stereocenters. The molecule has 7 aromatic rings. The van der Waals surface area contributed by atoms with Crippen molar-refractivity contribution in [3.63, 3.8) is 0 Å². The molecule has 6 heteroatoms. The number of benzene rings is 4. The fraction of sp³-hybridized carbons (Fsp3) is 0.289. The van der Waals surface area contributed by atoms with Crippen molar-refractivity contribution >= 4 is 21.8 Å². The molecule has 51 heavy (non-hydrogen) atoms. The van der Waals surface area contributed by atoms with Gasteiger partial charge in [-0.3, -0.25) is 4.68 Å². The fourth-order valence-electron chi connectivity index (χ4n) is 7.23. The normalized spacial score (nSPS) is 12.9. The minimum atomic E-state index is 0. The summed E-state index contributed by atoms with van der Waals surface area (Å²) >= 11 is 0. The number of nitrogens with zero attached hydrogens (tertiary/aromatic N) is 4. The van der Waals surface area contributed by atoms with E-state index in [0.717, 1.165) is 63.3 Å². The van der Waals surface area contributed by atoms with E-state index < -0.39 is 0 Å². The first-order valence-electron chi connectivity index (χ1n) is 17.8. The molecule has 0 N–H and O–H groups in total. The molecule has 5 nitrogen and oxygen atoms in total. The molecule has 0 saturated heterocycles. The summed E-state index contributed by atoms with van der Waals surface area (Å²) in [6.07, 6.45) is 4.00. The largest absolute Gasteiger partial charge is 2.00 e. The quantitative estimate of drug-likeness (QED) is 0.136. The third-order valence-electron chi connectivity index (χ3n) is 10.4. The van der Waals surface area contributed by atoms with Crippen molar-refractivity contribution in [1.29, 1.82) is 0 Å². The van der Waals surface area contributed by atoms with Gasteiger partial charge in [-0.15, -0.1) is 35.7 Å². The number of rotatable bonds is 9. The average Bonchev–Trinajstić information content (AvgIpc) is 3.59. The molecule has 0 aliphatic heterocycles. The first-order chi connectivity index (χ1) is 24.0. The topological polar surface area (TPSA) is 44.9 Å². The van der Waals surface area contributed by atoms with Gasteiger partial charge in [-0.2, -0.15) is 17.2 Å². The van der Waals surface area contributed by atoms with Crippen LogP contribution in [0.15, 0.2) is 97.2 Å². The van der Waals surface area contributed by atoms with Crippen LogP contribution in [0.3, 0.4) is 0 Å². The van der Waals surface area contributed by atoms with Crippen LogP contribution in [0, 0.1) is 37.3 Å². The van der Waals surface area contributed by atoms with Gasteiger partial charge in [0.25, 0.3) is 0 Å². The molecule has 0 bridgehead atoms. The van der Waals surface area contributed by atoms with Gasteiger partial charge in [0.05, 0.1) is 5.69 Å². The Hall–Kier alpha value is -4.47. The Morgan fingerprint density at radius 3 is 2.33 bits per heavy atom. The zero-order valence-electron chi connectivity index (χ0n) is 30.8. The van der Waals surface area contributed by atoms with Crippen LogP contribution in [0.5, 0.6) is 11.5 Å². The third kappa shape index (κ3) is 7.06. The number of fused-ring (bicyclic) bond motifs is 3. The summed E-state index contributed by atoms with van der Waals surface area (Å²) in [5.74, 6) is 3.03. The Labute approximate surface area is 317 Å². The summed E-state index contributed by atoms with van der Waals surface area (Å²) in [6, 6.07) is 38.9. The predicted molar refractivity (Wildman–Crippen MR) is 206 cm³/mol. The monoisotopic (exact) mass is 853 g/mol. The van der Waals surface area contributed by atoms with Crippen molar-refractivity contribution in [2.75, 3.05) is 0 Å². The molecule has 2 unspecified atom stereocenters. The molecular weight excluding hydrogens is 808 g/mol. The van der Waals surface area contributed by atoms with Crippen LogP contribution in [0.4, 0.5) is 0 Å². The van der Waals surface area contributed by atoms with Crippen LogP contribution in [-0.2, 0) is 27.5 Å². The Morgan fingerprint density at radius 1 is 0.824 bits per heavy atom. The summed E-state index contributed by atoms with van der Waals surface area (Å²) < 4.78 is 10.7. The Bertz CT molecular complexity index is 2310. The molecule has 0 aliphatic rings. The average molecular weight is 854 g/mol. The molecule has 0 radical (unpaired) electrons. The molecule has 0 amide bonds. The minimum Gasteiger partial charge on any atom is -0.509 e. The van der Waals surface area contributed by atoms with E-state index in [-0.39, 0.29) is 26.5 Å². The summed E-state index contributed by atoms with van der Waals surface area (Å²) in [5.41, 5.74) is 10.0. The van der Waals surface area contributed by atoms with E-state index >= 15 is 0 Å². The third-order valence-corrected chi connectivity index (χ3v) is 10.4. The van der Waals surface area contributed by atoms with Crippen LogP contribution in [-0.4, -0.2) is 19.3 Å². The van der Waals surface area contributed by atoms with Crippen LogP contribution < -0.4 is 4.74 Å². The Balaban J connectivity index is 0.00000448. The SMILES string of the molecule is CCCc1ccnc(-n2c3[c-]c(Oc4[c-]c(-n5nc(C)c(-c6ccccc6)c5C)ccc4)ccc3c3cc(C(C)C(C)C(C)(C)C)ccc32)c1.[Pt+2]. The summed E-state index contributed by atoms with van der Waals surface area (Å²) in [6.45, 7) is 18.1. The predicted octanol–water partition coefficient (Wildman–Crippen LogP) is 11.8. The number of pyridine rings is 1. The minimum absolute atomic E-state index is 0. The Morgan fingerprint density at radius 2 is 1.59 bits per heavy atom. The second-order valence-corrected chi connectivity index (χ2v) is 14.7. The van der Waals surface area contributed by atoms with Gasteiger partial charge in [-0.25, -0.2) is 4.98 Å². The molecule has 0 saturated carbocycles. The zero-order chi connectivity index (χ0) is 35.2. The van der Waals surface area contributed by atoms with E-state index in [1.165, 1.54) is 16.5 Å². The van der Waals surface area contributed by atoms with Gasteiger partial charge in [-0.05, 0) is 83.5 Å². The molecule has 0 aliphatic carbocycles. The van der Waals surface area contributed by atoms with Crippen molar-refractivity contribution in [2.24, 2.45) is 11.3 Å². The van der Waals surface area contributed by atoms with Gasteiger partial charge in [0.15, 0.2) is 0 Å². The second-order valence-electron chi connectivity index (χ2n) is 14.7. The maximum atomic E-state index is 6.50. The number of aromatic nitrogens is 4. The summed E-state index contributed by atoms with van der Waals surface area (Å²) in [5, 5.41) is 7.21. The standard InChI is InChI=1S/C45H46N4O.Pt/c1-9-14-33-23-24-46-43(25-33)48-41-22-19-35(29(2)30(3)45(6,7)8)26-40(41)39-21-20-38(28-42(39)48)50-37-18-13-17-36(27-37)49-32(5)44(31(4)47-49)34-15-11-10-12-16-34;/h10-13,15-26,29-30H,9,14H2,1-8H3;/q-2;+2. The molecule has 3 aromatic heterocycles. The van der Waals surface area contributed by atoms with E-state index in [2.05, 4.69) is 133 Å². The van der Waals surface area contributed by atoms with E-state index in [1.807, 2.05) is 41.2 Å². The maximum Gasteiger partial charge on any atom is 2.00 e. The van der Waals surface area contributed by atoms with Crippen LogP contribution in [0.1, 0.15) is 76.4 Å². The van der Waals surface area contributed by atoms with E-state index in [0.29, 0.717) is 23.3 Å². The van der Waals surface area contributed by atoms with Crippen molar-refractivity contribution < 1.29 is 25.8 Å². The number of aryl methyl sites for hydroxylation is 2. The van der Waals surface area contributed by atoms with Gasteiger partial charge in [0, 0.05) is 34.5 Å². The van der Waals surface area contributed by atoms with Gasteiger partial charge in [0.1, 0.15) is 5.82 Å². The number of hydrogen-bond donors (Lipinski definition) is 0. The molecule has 0 fully saturated rings. The molecule has 4 aromatic carbocycles. The van der Waals surface area contributed by atoms with Gasteiger partial charge in [-0.1, -0.05) is 95.9 Å². The van der Waals surface area contributed by atoms with Crippen molar-refractivity contribution in [3.8, 4) is 34.1 Å². The first kappa shape index (κ1) is 36.3. The van der Waals surface area contributed by atoms with Crippen LogP contribution >= 0.6 is 0 Å². The van der Waals surface area contributed by atoms with Crippen molar-refractivity contribution in [1.82, 2.24) is 19.3 Å². The Kier molecular flexibility index (Phi) is 10.4. The van der Waals surface area contributed by atoms with Crippen LogP contribution in [0.2, 0.25) is 0 Å².